The van der Waals surface area contributed by atoms with Crippen LogP contribution in [0.25, 0.3) is 0 Å². The summed E-state index contributed by atoms with van der Waals surface area (Å²) in [6.07, 6.45) is 5.46. The second-order valence-electron chi connectivity index (χ2n) is 9.07. The van der Waals surface area contributed by atoms with Gasteiger partial charge in [0, 0.05) is 22.8 Å². The molecular formula is C27H26O5. The molecule has 5 nitrogen and oxygen atoms in total. The minimum atomic E-state index is -1.46. The molecule has 0 saturated heterocycles. The molecule has 2 bridgehead atoms. The Kier molecular flexibility index (Phi) is 4.81. The number of methoxy groups -OCH3 is 2. The van der Waals surface area contributed by atoms with Crippen LogP contribution in [-0.4, -0.2) is 31.9 Å². The quantitative estimate of drug-likeness (QED) is 0.289. The Bertz CT molecular complexity index is 1070. The number of carbonyl (C=O) groups is 3. The molecule has 3 aliphatic carbocycles. The van der Waals surface area contributed by atoms with Gasteiger partial charge in [-0.1, -0.05) is 72.8 Å². The summed E-state index contributed by atoms with van der Waals surface area (Å²) >= 11 is 0. The van der Waals surface area contributed by atoms with Crippen LogP contribution in [0.2, 0.25) is 0 Å². The van der Waals surface area contributed by atoms with Gasteiger partial charge in [-0.25, -0.2) is 0 Å². The Morgan fingerprint density at radius 3 is 2.09 bits per heavy atom. The lowest BCUT2D eigenvalue weighted by Gasteiger charge is -2.33. The highest BCUT2D eigenvalue weighted by Gasteiger charge is 2.94. The summed E-state index contributed by atoms with van der Waals surface area (Å²) in [7, 11) is 2.60. The van der Waals surface area contributed by atoms with Gasteiger partial charge in [0.2, 0.25) is 0 Å². The fraction of sp³-hybridized carbons (Fsp3) is 0.370. The average Bonchev–Trinajstić information content (AvgIpc) is 3.08. The number of carbonyl (C=O) groups excluding carboxylic acids is 3. The molecule has 2 aromatic rings. The van der Waals surface area contributed by atoms with Crippen molar-refractivity contribution in [2.75, 3.05) is 14.2 Å². The van der Waals surface area contributed by atoms with E-state index < -0.39 is 28.7 Å². The minimum absolute atomic E-state index is 0.0462. The van der Waals surface area contributed by atoms with Gasteiger partial charge in [-0.2, -0.15) is 0 Å². The van der Waals surface area contributed by atoms with Crippen molar-refractivity contribution in [3.05, 3.63) is 83.9 Å². The number of fused-ring (bicyclic) bond motifs is 5. The maximum absolute atomic E-state index is 14.0. The molecule has 0 aromatic heterocycles. The van der Waals surface area contributed by atoms with E-state index in [0.29, 0.717) is 12.0 Å². The molecule has 2 aromatic carbocycles. The first kappa shape index (κ1) is 20.7. The van der Waals surface area contributed by atoms with Crippen molar-refractivity contribution in [3.8, 4) is 0 Å². The van der Waals surface area contributed by atoms with E-state index in [0.717, 1.165) is 12.0 Å². The fourth-order valence-corrected chi connectivity index (χ4v) is 6.97. The fourth-order valence-electron chi connectivity index (χ4n) is 6.97. The normalized spacial score (nSPS) is 29.1. The van der Waals surface area contributed by atoms with Crippen molar-refractivity contribution in [1.82, 2.24) is 0 Å². The predicted octanol–water partition coefficient (Wildman–Crippen LogP) is 3.88. The minimum Gasteiger partial charge on any atom is -0.468 e. The first-order valence-corrected chi connectivity index (χ1v) is 11.0. The highest BCUT2D eigenvalue weighted by Crippen LogP contribution is 2.86. The summed E-state index contributed by atoms with van der Waals surface area (Å²) in [5.41, 5.74) is -0.728. The smallest absolute Gasteiger partial charge is 0.324 e. The maximum Gasteiger partial charge on any atom is 0.324 e. The van der Waals surface area contributed by atoms with Gasteiger partial charge in [-0.15, -0.1) is 0 Å². The second-order valence-corrected chi connectivity index (χ2v) is 9.07. The van der Waals surface area contributed by atoms with Crippen LogP contribution in [-0.2, 0) is 25.5 Å². The van der Waals surface area contributed by atoms with Crippen LogP contribution < -0.4 is 0 Å². The van der Waals surface area contributed by atoms with E-state index in [2.05, 4.69) is 12.2 Å². The van der Waals surface area contributed by atoms with E-state index >= 15 is 0 Å². The van der Waals surface area contributed by atoms with Crippen LogP contribution in [0.4, 0.5) is 0 Å². The molecule has 5 heteroatoms. The molecule has 0 N–H and O–H groups in total. The summed E-state index contributed by atoms with van der Waals surface area (Å²) in [5, 5.41) is 0. The van der Waals surface area contributed by atoms with Crippen LogP contribution in [0.5, 0.6) is 0 Å². The van der Waals surface area contributed by atoms with Gasteiger partial charge < -0.3 is 9.47 Å². The Hall–Kier alpha value is -3.21. The summed E-state index contributed by atoms with van der Waals surface area (Å²) in [5.74, 6) is -2.09. The lowest BCUT2D eigenvalue weighted by Crippen LogP contribution is -2.43. The van der Waals surface area contributed by atoms with Gasteiger partial charge in [0.15, 0.2) is 11.2 Å². The van der Waals surface area contributed by atoms with E-state index in [1.807, 2.05) is 48.5 Å². The zero-order valence-corrected chi connectivity index (χ0v) is 18.2. The van der Waals surface area contributed by atoms with Crippen molar-refractivity contribution in [2.24, 2.45) is 34.5 Å². The summed E-state index contributed by atoms with van der Waals surface area (Å²) in [6, 6.07) is 18.9. The van der Waals surface area contributed by atoms with Gasteiger partial charge in [0.05, 0.1) is 14.2 Å². The van der Waals surface area contributed by atoms with Crippen LogP contribution in [0.15, 0.2) is 72.8 Å². The van der Waals surface area contributed by atoms with Crippen molar-refractivity contribution < 1.29 is 23.9 Å². The van der Waals surface area contributed by atoms with Gasteiger partial charge in [-0.05, 0) is 30.2 Å². The SMILES string of the molecule is COC(=O)C1(C(=O)OC)C2C3C=CC(C3)C21C(Cc1ccccc1)C(=O)c1ccccc1. The Labute approximate surface area is 187 Å². The van der Waals surface area contributed by atoms with Gasteiger partial charge >= 0.3 is 11.9 Å². The third-order valence-corrected chi connectivity index (χ3v) is 7.99. The van der Waals surface area contributed by atoms with Crippen LogP contribution in [0, 0.1) is 34.5 Å². The van der Waals surface area contributed by atoms with Gasteiger partial charge in [0.25, 0.3) is 0 Å². The number of Topliss-reactive ketones (excluding diaryl/α,β-unsaturated/α-hetero) is 1. The van der Waals surface area contributed by atoms with Crippen molar-refractivity contribution >= 4 is 17.7 Å². The monoisotopic (exact) mass is 430 g/mol. The van der Waals surface area contributed by atoms with E-state index in [9.17, 15) is 14.4 Å². The molecule has 3 aliphatic rings. The number of hydrogen-bond acceptors (Lipinski definition) is 5. The summed E-state index contributed by atoms with van der Waals surface area (Å²) in [6.45, 7) is 0. The molecule has 0 amide bonds. The average molecular weight is 431 g/mol. The van der Waals surface area contributed by atoms with Crippen molar-refractivity contribution in [3.63, 3.8) is 0 Å². The molecule has 32 heavy (non-hydrogen) atoms. The molecule has 2 saturated carbocycles. The van der Waals surface area contributed by atoms with E-state index in [4.69, 9.17) is 9.47 Å². The zero-order valence-electron chi connectivity index (χ0n) is 18.2. The molecule has 0 aliphatic heterocycles. The summed E-state index contributed by atoms with van der Waals surface area (Å²) < 4.78 is 10.4. The molecule has 5 atom stereocenters. The lowest BCUT2D eigenvalue weighted by molar-refractivity contribution is -0.166. The second kappa shape index (κ2) is 7.44. The topological polar surface area (TPSA) is 69.7 Å². The van der Waals surface area contributed by atoms with Crippen LogP contribution in [0.1, 0.15) is 22.3 Å². The van der Waals surface area contributed by atoms with E-state index in [1.165, 1.54) is 14.2 Å². The van der Waals surface area contributed by atoms with E-state index in [-0.39, 0.29) is 23.5 Å². The number of esters is 2. The first-order chi connectivity index (χ1) is 15.5. The molecule has 0 heterocycles. The Balaban J connectivity index is 1.69. The third-order valence-electron chi connectivity index (χ3n) is 7.99. The molecule has 0 radical (unpaired) electrons. The number of allylic oxidation sites excluding steroid dienone is 2. The third kappa shape index (κ3) is 2.48. The van der Waals surface area contributed by atoms with Crippen molar-refractivity contribution in [2.45, 2.75) is 12.8 Å². The number of ether oxygens (including phenoxy) is 2. The number of rotatable bonds is 7. The van der Waals surface area contributed by atoms with Crippen LogP contribution in [0.3, 0.4) is 0 Å². The molecule has 0 spiro atoms. The predicted molar refractivity (Wildman–Crippen MR) is 118 cm³/mol. The Morgan fingerprint density at radius 2 is 1.50 bits per heavy atom. The molecule has 5 unspecified atom stereocenters. The lowest BCUT2D eigenvalue weighted by atomic mass is 9.68. The van der Waals surface area contributed by atoms with E-state index in [1.54, 1.807) is 12.1 Å². The maximum atomic E-state index is 14.0. The standard InChI is InChI=1S/C27H26O5/c1-31-24(29)27(25(30)32-2)23-19-13-14-20(16-19)26(23,27)21(15-17-9-5-3-6-10-17)22(28)18-11-7-4-8-12-18/h3-14,19-21,23H,15-16H2,1-2H3. The molecule has 164 valence electrons. The largest absolute Gasteiger partial charge is 0.468 e. The zero-order chi connectivity index (χ0) is 22.5. The van der Waals surface area contributed by atoms with Gasteiger partial charge in [-0.3, -0.25) is 14.4 Å². The number of benzene rings is 2. The van der Waals surface area contributed by atoms with Gasteiger partial charge in [0.1, 0.15) is 0 Å². The highest BCUT2D eigenvalue weighted by molar-refractivity contribution is 6.09. The van der Waals surface area contributed by atoms with Crippen molar-refractivity contribution in [1.29, 1.82) is 0 Å². The first-order valence-electron chi connectivity index (χ1n) is 11.0. The molecule has 2 fully saturated rings. The molecule has 5 rings (SSSR count). The van der Waals surface area contributed by atoms with Crippen LogP contribution >= 0.6 is 0 Å². The molecular weight excluding hydrogens is 404 g/mol. The number of hydrogen-bond donors (Lipinski definition) is 0. The highest BCUT2D eigenvalue weighted by atomic mass is 16.5. The summed E-state index contributed by atoms with van der Waals surface area (Å²) in [4.78, 5) is 40.6. The Morgan fingerprint density at radius 1 is 0.906 bits per heavy atom. The number of ketones is 1.